The van der Waals surface area contributed by atoms with E-state index in [-0.39, 0.29) is 46.7 Å². The molecule has 0 saturated carbocycles. The molecule has 0 bridgehead atoms. The molecule has 0 atom stereocenters. The van der Waals surface area contributed by atoms with Crippen molar-refractivity contribution < 1.29 is 32.6 Å². The number of fused-ring (bicyclic) bond motifs is 1. The molecule has 3 aromatic rings. The summed E-state index contributed by atoms with van der Waals surface area (Å²) in [5, 5.41) is 12.2. The van der Waals surface area contributed by atoms with Gasteiger partial charge in [0.25, 0.3) is 0 Å². The summed E-state index contributed by atoms with van der Waals surface area (Å²) in [4.78, 5) is 27.3. The fraction of sp³-hybridized carbons (Fsp3) is 0.150. The largest absolute Gasteiger partial charge is 0.478 e. The van der Waals surface area contributed by atoms with Gasteiger partial charge >= 0.3 is 18.1 Å². The summed E-state index contributed by atoms with van der Waals surface area (Å²) in [5.41, 5.74) is -0.0640. The van der Waals surface area contributed by atoms with E-state index < -0.39 is 23.7 Å². The summed E-state index contributed by atoms with van der Waals surface area (Å²) in [6.45, 7) is 1.73. The Bertz CT molecular complexity index is 1090. The van der Waals surface area contributed by atoms with Gasteiger partial charge in [-0.15, -0.1) is 12.4 Å². The van der Waals surface area contributed by atoms with Crippen LogP contribution in [0.4, 0.5) is 24.5 Å². The number of carbonyl (C=O) groups is 2. The summed E-state index contributed by atoms with van der Waals surface area (Å²) >= 11 is 0. The van der Waals surface area contributed by atoms with Crippen LogP contribution in [-0.4, -0.2) is 28.6 Å². The number of nitrogens with one attached hydrogen (secondary N) is 1. The minimum atomic E-state index is -4.53. The molecule has 0 aliphatic heterocycles. The quantitative estimate of drug-likeness (QED) is 0.524. The molecule has 0 spiro atoms. The number of alkyl halides is 3. The molecular weight excluding hydrogens is 425 g/mol. The van der Waals surface area contributed by atoms with Crippen molar-refractivity contribution in [2.75, 3.05) is 11.9 Å². The number of carboxylic acid groups (broad SMARTS) is 1. The number of hydrogen-bond donors (Lipinski definition) is 2. The highest BCUT2D eigenvalue weighted by Gasteiger charge is 2.31. The summed E-state index contributed by atoms with van der Waals surface area (Å²) in [5.74, 6) is -1.79. The van der Waals surface area contributed by atoms with E-state index in [1.807, 2.05) is 0 Å². The van der Waals surface area contributed by atoms with E-state index in [0.29, 0.717) is 5.69 Å². The zero-order valence-corrected chi connectivity index (χ0v) is 16.3. The van der Waals surface area contributed by atoms with Gasteiger partial charge in [0.1, 0.15) is 5.56 Å². The van der Waals surface area contributed by atoms with Crippen LogP contribution in [0.3, 0.4) is 0 Å². The lowest BCUT2D eigenvalue weighted by molar-refractivity contribution is -0.137. The molecule has 3 rings (SSSR count). The van der Waals surface area contributed by atoms with E-state index in [9.17, 15) is 22.8 Å². The van der Waals surface area contributed by atoms with E-state index in [0.717, 1.165) is 18.3 Å². The van der Waals surface area contributed by atoms with E-state index in [2.05, 4.69) is 10.3 Å². The van der Waals surface area contributed by atoms with E-state index >= 15 is 0 Å². The number of benzene rings is 2. The summed E-state index contributed by atoms with van der Waals surface area (Å²) < 4.78 is 44.0. The third-order valence-electron chi connectivity index (χ3n) is 4.09. The van der Waals surface area contributed by atoms with Gasteiger partial charge in [0.05, 0.1) is 28.9 Å². The smallest absolute Gasteiger partial charge is 0.416 e. The Morgan fingerprint density at radius 1 is 1.13 bits per heavy atom. The van der Waals surface area contributed by atoms with Crippen molar-refractivity contribution in [3.63, 3.8) is 0 Å². The minimum Gasteiger partial charge on any atom is -0.478 e. The second-order valence-electron chi connectivity index (χ2n) is 6.00. The van der Waals surface area contributed by atoms with Gasteiger partial charge in [-0.25, -0.2) is 9.59 Å². The monoisotopic (exact) mass is 440 g/mol. The molecule has 0 radical (unpaired) electrons. The maximum Gasteiger partial charge on any atom is 0.416 e. The van der Waals surface area contributed by atoms with Gasteiger partial charge in [-0.3, -0.25) is 4.98 Å². The topological polar surface area (TPSA) is 88.5 Å². The normalized spacial score (nSPS) is 10.9. The van der Waals surface area contributed by atoms with Crippen LogP contribution >= 0.6 is 12.4 Å². The number of anilines is 2. The molecule has 158 valence electrons. The summed E-state index contributed by atoms with van der Waals surface area (Å²) in [7, 11) is 0. The molecule has 30 heavy (non-hydrogen) atoms. The maximum absolute atomic E-state index is 13.0. The third-order valence-corrected chi connectivity index (χ3v) is 4.09. The van der Waals surface area contributed by atoms with Gasteiger partial charge in [-0.1, -0.05) is 6.07 Å². The van der Waals surface area contributed by atoms with Crippen LogP contribution in [0, 0.1) is 0 Å². The Labute approximate surface area is 175 Å². The Morgan fingerprint density at radius 3 is 2.37 bits per heavy atom. The first-order valence-corrected chi connectivity index (χ1v) is 8.48. The second-order valence-corrected chi connectivity index (χ2v) is 6.00. The zero-order valence-electron chi connectivity index (χ0n) is 15.5. The van der Waals surface area contributed by atoms with Crippen molar-refractivity contribution in [3.8, 4) is 0 Å². The Morgan fingerprint density at radius 2 is 1.80 bits per heavy atom. The first kappa shape index (κ1) is 23.0. The predicted molar refractivity (Wildman–Crippen MR) is 107 cm³/mol. The molecule has 6 nitrogen and oxygen atoms in total. The van der Waals surface area contributed by atoms with Crippen molar-refractivity contribution in [3.05, 3.63) is 65.4 Å². The lowest BCUT2D eigenvalue weighted by Gasteiger charge is -2.15. The predicted octanol–water partition coefficient (Wildman–Crippen LogP) is 5.29. The summed E-state index contributed by atoms with van der Waals surface area (Å²) in [6, 6.07) is 8.70. The lowest BCUT2D eigenvalue weighted by Crippen LogP contribution is -2.10. The maximum atomic E-state index is 13.0. The standard InChI is InChI=1S/C20H15F3N2O4.ClH/c1-2-29-19(28)15-10-24-16-9-12(20(21,22)23)5-8-14(16)17(15)25-13-6-3-11(4-7-13)18(26)27;/h3-10H,2H2,1H3,(H,24,25)(H,26,27);1H. The fourth-order valence-corrected chi connectivity index (χ4v) is 2.71. The van der Waals surface area contributed by atoms with Crippen LogP contribution in [0.15, 0.2) is 48.7 Å². The molecule has 0 aliphatic rings. The number of rotatable bonds is 5. The van der Waals surface area contributed by atoms with Gasteiger partial charge in [0.2, 0.25) is 0 Å². The third kappa shape index (κ3) is 4.80. The number of carboxylic acids is 1. The number of aromatic carboxylic acids is 1. The Balaban J connectivity index is 0.00000320. The van der Waals surface area contributed by atoms with Gasteiger partial charge in [-0.2, -0.15) is 13.2 Å². The number of pyridine rings is 1. The van der Waals surface area contributed by atoms with Crippen molar-refractivity contribution in [2.45, 2.75) is 13.1 Å². The van der Waals surface area contributed by atoms with Crippen molar-refractivity contribution in [1.29, 1.82) is 0 Å². The number of carbonyl (C=O) groups excluding carboxylic acids is 1. The van der Waals surface area contributed by atoms with Crippen LogP contribution in [0.2, 0.25) is 0 Å². The molecule has 1 heterocycles. The van der Waals surface area contributed by atoms with Crippen LogP contribution in [0.1, 0.15) is 33.2 Å². The summed E-state index contributed by atoms with van der Waals surface area (Å²) in [6.07, 6.45) is -3.38. The molecule has 0 fully saturated rings. The average molecular weight is 441 g/mol. The highest BCUT2D eigenvalue weighted by atomic mass is 35.5. The second kappa shape index (κ2) is 9.00. The number of nitrogens with zero attached hydrogens (tertiary/aromatic N) is 1. The minimum absolute atomic E-state index is 0. The molecular formula is C20H16ClF3N2O4. The van der Waals surface area contributed by atoms with E-state index in [4.69, 9.17) is 9.84 Å². The van der Waals surface area contributed by atoms with Crippen LogP contribution < -0.4 is 5.32 Å². The first-order valence-electron chi connectivity index (χ1n) is 8.48. The number of aromatic nitrogens is 1. The van der Waals surface area contributed by atoms with E-state index in [1.54, 1.807) is 6.92 Å². The number of halogens is 4. The van der Waals surface area contributed by atoms with Crippen LogP contribution in [-0.2, 0) is 10.9 Å². The van der Waals surface area contributed by atoms with Crippen LogP contribution in [0.5, 0.6) is 0 Å². The van der Waals surface area contributed by atoms with Gasteiger partial charge in [0, 0.05) is 17.3 Å². The van der Waals surface area contributed by atoms with Gasteiger partial charge < -0.3 is 15.2 Å². The Hall–Kier alpha value is -3.33. The van der Waals surface area contributed by atoms with E-state index in [1.165, 1.54) is 30.3 Å². The molecule has 10 heteroatoms. The molecule has 1 aromatic heterocycles. The fourth-order valence-electron chi connectivity index (χ4n) is 2.71. The number of esters is 1. The average Bonchev–Trinajstić information content (AvgIpc) is 2.67. The molecule has 0 saturated heterocycles. The molecule has 0 unspecified atom stereocenters. The van der Waals surface area contributed by atoms with Gasteiger partial charge in [0.15, 0.2) is 0 Å². The molecule has 0 aliphatic carbocycles. The van der Waals surface area contributed by atoms with Crippen LogP contribution in [0.25, 0.3) is 10.9 Å². The number of ether oxygens (including phenoxy) is 1. The SMILES string of the molecule is CCOC(=O)c1cnc2cc(C(F)(F)F)ccc2c1Nc1ccc(C(=O)O)cc1.Cl. The van der Waals surface area contributed by atoms with Gasteiger partial charge in [-0.05, 0) is 43.3 Å². The highest BCUT2D eigenvalue weighted by Crippen LogP contribution is 2.35. The molecule has 0 amide bonds. The Kier molecular flexibility index (Phi) is 6.88. The zero-order chi connectivity index (χ0) is 21.2. The lowest BCUT2D eigenvalue weighted by atomic mass is 10.1. The van der Waals surface area contributed by atoms with Crippen molar-refractivity contribution in [1.82, 2.24) is 4.98 Å². The molecule has 2 N–H and O–H groups in total. The molecule has 2 aromatic carbocycles. The first-order chi connectivity index (χ1) is 13.7. The number of hydrogen-bond acceptors (Lipinski definition) is 5. The highest BCUT2D eigenvalue weighted by molar-refractivity contribution is 6.06. The van der Waals surface area contributed by atoms with Crippen molar-refractivity contribution in [2.24, 2.45) is 0 Å². The van der Waals surface area contributed by atoms with Crippen molar-refractivity contribution >= 4 is 46.6 Å².